The average molecular weight is 477 g/mol. The van der Waals surface area contributed by atoms with Crippen LogP contribution in [0.15, 0.2) is 48.5 Å². The zero-order valence-corrected chi connectivity index (χ0v) is 20.3. The number of hydrogen-bond donors (Lipinski definition) is 3. The summed E-state index contributed by atoms with van der Waals surface area (Å²) in [5.41, 5.74) is 3.32. The van der Waals surface area contributed by atoms with Crippen molar-refractivity contribution in [1.82, 2.24) is 10.6 Å². The predicted molar refractivity (Wildman–Crippen MR) is 131 cm³/mol. The van der Waals surface area contributed by atoms with Gasteiger partial charge in [0.2, 0.25) is 5.91 Å². The maximum absolute atomic E-state index is 13.1. The molecule has 2 aromatic carbocycles. The van der Waals surface area contributed by atoms with Gasteiger partial charge in [0.15, 0.2) is 0 Å². The molecule has 5 rings (SSSR count). The molecule has 3 aliphatic carbocycles. The number of alkyl carbamates (subject to hydrolysis) is 1. The normalized spacial score (nSPS) is 25.1. The molecule has 4 atom stereocenters. The highest BCUT2D eigenvalue weighted by Crippen LogP contribution is 2.63. The lowest BCUT2D eigenvalue weighted by atomic mass is 9.86. The minimum absolute atomic E-state index is 0.0625. The minimum Gasteiger partial charge on any atom is -0.481 e. The minimum atomic E-state index is -0.809. The first kappa shape index (κ1) is 23.4. The van der Waals surface area contributed by atoms with Crippen LogP contribution in [0.25, 0.3) is 11.1 Å². The van der Waals surface area contributed by atoms with Crippen molar-refractivity contribution < 1.29 is 24.2 Å². The third-order valence-electron chi connectivity index (χ3n) is 7.92. The lowest BCUT2D eigenvalue weighted by molar-refractivity contribution is -0.144. The van der Waals surface area contributed by atoms with Gasteiger partial charge in [-0.3, -0.25) is 9.59 Å². The highest BCUT2D eigenvalue weighted by atomic mass is 16.5. The summed E-state index contributed by atoms with van der Waals surface area (Å²) in [5.74, 6) is -1.01. The molecular formula is C28H32N2O5. The summed E-state index contributed by atoms with van der Waals surface area (Å²) in [4.78, 5) is 37.6. The molecule has 0 heterocycles. The lowest BCUT2D eigenvalue weighted by Gasteiger charge is -2.31. The number of nitrogens with one attached hydrogen (secondary N) is 2. The molecule has 0 aromatic heterocycles. The molecule has 184 valence electrons. The Morgan fingerprint density at radius 3 is 2.17 bits per heavy atom. The number of carbonyl (C=O) groups is 3. The Morgan fingerprint density at radius 2 is 1.63 bits per heavy atom. The van der Waals surface area contributed by atoms with Crippen molar-refractivity contribution in [2.75, 3.05) is 6.61 Å². The quantitative estimate of drug-likeness (QED) is 0.576. The van der Waals surface area contributed by atoms with Crippen molar-refractivity contribution in [3.05, 3.63) is 59.7 Å². The van der Waals surface area contributed by atoms with Gasteiger partial charge >= 0.3 is 12.1 Å². The fourth-order valence-electron chi connectivity index (χ4n) is 5.98. The van der Waals surface area contributed by atoms with Crippen molar-refractivity contribution in [3.63, 3.8) is 0 Å². The topological polar surface area (TPSA) is 105 Å². The standard InChI is InChI=1S/C28H32N2O5/c1-27(2,3)23(24(31)29-17-12-16-13-28(16,14-17)25(32)33)30-26(34)35-15-22-20-10-6-4-8-18(20)19-9-5-7-11-21(19)22/h4-11,16-17,22-23H,12-15H2,1-3H3,(H,29,31)(H,30,34)(H,32,33)/t16?,17?,23-,28?/m1/s1. The van der Waals surface area contributed by atoms with E-state index in [-0.39, 0.29) is 30.4 Å². The predicted octanol–water partition coefficient (Wildman–Crippen LogP) is 4.31. The first-order valence-electron chi connectivity index (χ1n) is 12.3. The summed E-state index contributed by atoms with van der Waals surface area (Å²) < 4.78 is 5.65. The molecule has 3 N–H and O–H groups in total. The van der Waals surface area contributed by atoms with Crippen LogP contribution in [0.2, 0.25) is 0 Å². The largest absolute Gasteiger partial charge is 0.481 e. The second kappa shape index (κ2) is 8.40. The summed E-state index contributed by atoms with van der Waals surface area (Å²) in [6, 6.07) is 15.3. The van der Waals surface area contributed by atoms with E-state index in [9.17, 15) is 19.5 Å². The van der Waals surface area contributed by atoms with Crippen LogP contribution in [-0.2, 0) is 14.3 Å². The SMILES string of the molecule is CC(C)(C)[C@H](NC(=O)OCC1c2ccccc2-c2ccccc21)C(=O)NC1CC2CC2(C(=O)O)C1. The van der Waals surface area contributed by atoms with Gasteiger partial charge in [0.05, 0.1) is 5.41 Å². The molecule has 2 aromatic rings. The molecule has 3 aliphatic rings. The van der Waals surface area contributed by atoms with E-state index < -0.39 is 28.9 Å². The number of aliphatic carboxylic acids is 1. The number of fused-ring (bicyclic) bond motifs is 4. The zero-order chi connectivity index (χ0) is 25.0. The first-order chi connectivity index (χ1) is 16.6. The van der Waals surface area contributed by atoms with Gasteiger partial charge in [-0.2, -0.15) is 0 Å². The molecule has 0 radical (unpaired) electrons. The number of benzene rings is 2. The van der Waals surface area contributed by atoms with Crippen LogP contribution in [-0.4, -0.2) is 41.8 Å². The van der Waals surface area contributed by atoms with Crippen molar-refractivity contribution in [3.8, 4) is 11.1 Å². The molecule has 3 unspecified atom stereocenters. The third kappa shape index (κ3) is 4.17. The number of carboxylic acid groups (broad SMARTS) is 1. The van der Waals surface area contributed by atoms with Crippen molar-refractivity contribution in [1.29, 1.82) is 0 Å². The fraction of sp³-hybridized carbons (Fsp3) is 0.464. The second-order valence-electron chi connectivity index (χ2n) is 11.3. The van der Waals surface area contributed by atoms with Crippen LogP contribution < -0.4 is 10.6 Å². The van der Waals surface area contributed by atoms with Crippen LogP contribution >= 0.6 is 0 Å². The third-order valence-corrected chi connectivity index (χ3v) is 7.92. The maximum atomic E-state index is 13.1. The summed E-state index contributed by atoms with van der Waals surface area (Å²) in [5, 5.41) is 15.3. The van der Waals surface area contributed by atoms with Crippen LogP contribution in [0, 0.1) is 16.7 Å². The lowest BCUT2D eigenvalue weighted by Crippen LogP contribution is -2.55. The molecule has 7 heteroatoms. The van der Waals surface area contributed by atoms with Gasteiger partial charge in [0, 0.05) is 12.0 Å². The van der Waals surface area contributed by atoms with E-state index in [1.807, 2.05) is 45.0 Å². The summed E-state index contributed by atoms with van der Waals surface area (Å²) in [6.45, 7) is 5.81. The molecule has 0 bridgehead atoms. The van der Waals surface area contributed by atoms with Crippen molar-refractivity contribution in [2.45, 2.75) is 58.0 Å². The number of ether oxygens (including phenoxy) is 1. The van der Waals surface area contributed by atoms with E-state index in [0.717, 1.165) is 22.3 Å². The van der Waals surface area contributed by atoms with Crippen LogP contribution in [0.1, 0.15) is 57.1 Å². The molecule has 7 nitrogen and oxygen atoms in total. The Labute approximate surface area is 205 Å². The molecule has 2 amide bonds. The number of amides is 2. The Balaban J connectivity index is 1.22. The van der Waals surface area contributed by atoms with Gasteiger partial charge in [0.1, 0.15) is 12.6 Å². The summed E-state index contributed by atoms with van der Waals surface area (Å²) >= 11 is 0. The molecular weight excluding hydrogens is 444 g/mol. The van der Waals surface area contributed by atoms with Gasteiger partial charge in [-0.1, -0.05) is 69.3 Å². The van der Waals surface area contributed by atoms with Gasteiger partial charge in [-0.05, 0) is 52.8 Å². The van der Waals surface area contributed by atoms with Gasteiger partial charge in [-0.15, -0.1) is 0 Å². The number of carboxylic acids is 1. The molecule has 35 heavy (non-hydrogen) atoms. The smallest absolute Gasteiger partial charge is 0.407 e. The van der Waals surface area contributed by atoms with E-state index >= 15 is 0 Å². The Kier molecular flexibility index (Phi) is 5.61. The fourth-order valence-corrected chi connectivity index (χ4v) is 5.98. The Hall–Kier alpha value is -3.35. The first-order valence-corrected chi connectivity index (χ1v) is 12.3. The van der Waals surface area contributed by atoms with Crippen molar-refractivity contribution >= 4 is 18.0 Å². The van der Waals surface area contributed by atoms with E-state index in [2.05, 4.69) is 34.9 Å². The molecule has 0 spiro atoms. The zero-order valence-electron chi connectivity index (χ0n) is 20.3. The molecule has 0 aliphatic heterocycles. The van der Waals surface area contributed by atoms with E-state index in [1.165, 1.54) is 0 Å². The van der Waals surface area contributed by atoms with E-state index in [4.69, 9.17) is 4.74 Å². The van der Waals surface area contributed by atoms with Crippen LogP contribution in [0.3, 0.4) is 0 Å². The highest BCUT2D eigenvalue weighted by molar-refractivity contribution is 5.87. The summed E-state index contributed by atoms with van der Waals surface area (Å²) in [7, 11) is 0. The molecule has 2 fully saturated rings. The summed E-state index contributed by atoms with van der Waals surface area (Å²) in [6.07, 6.45) is 1.16. The number of carbonyl (C=O) groups excluding carboxylic acids is 2. The van der Waals surface area contributed by atoms with Crippen molar-refractivity contribution in [2.24, 2.45) is 16.7 Å². The van der Waals surface area contributed by atoms with Crippen LogP contribution in [0.4, 0.5) is 4.79 Å². The van der Waals surface area contributed by atoms with E-state index in [1.54, 1.807) is 0 Å². The highest BCUT2D eigenvalue weighted by Gasteiger charge is 2.65. The van der Waals surface area contributed by atoms with E-state index in [0.29, 0.717) is 19.3 Å². The van der Waals surface area contributed by atoms with Crippen LogP contribution in [0.5, 0.6) is 0 Å². The number of rotatable bonds is 6. The monoisotopic (exact) mass is 476 g/mol. The second-order valence-corrected chi connectivity index (χ2v) is 11.3. The van der Waals surface area contributed by atoms with Gasteiger partial charge < -0.3 is 20.5 Å². The number of hydrogen-bond acceptors (Lipinski definition) is 4. The molecule has 2 saturated carbocycles. The Bertz CT molecular complexity index is 1140. The van der Waals surface area contributed by atoms with Gasteiger partial charge in [-0.25, -0.2) is 4.79 Å². The maximum Gasteiger partial charge on any atom is 0.407 e. The Morgan fingerprint density at radius 1 is 1.03 bits per heavy atom. The van der Waals surface area contributed by atoms with Gasteiger partial charge in [0.25, 0.3) is 0 Å². The average Bonchev–Trinajstić information content (AvgIpc) is 3.24. The molecule has 0 saturated heterocycles.